The van der Waals surface area contributed by atoms with Crippen LogP contribution in [-0.4, -0.2) is 17.1 Å². The summed E-state index contributed by atoms with van der Waals surface area (Å²) in [6.45, 7) is 2.61. The van der Waals surface area contributed by atoms with E-state index in [1.54, 1.807) is 7.11 Å². The first-order valence-corrected chi connectivity index (χ1v) is 9.85. The molecule has 2 aromatic heterocycles. The lowest BCUT2D eigenvalue weighted by Gasteiger charge is -2.13. The van der Waals surface area contributed by atoms with E-state index in [4.69, 9.17) is 19.1 Å². The number of aryl methyl sites for hydroxylation is 1. The van der Waals surface area contributed by atoms with Crippen LogP contribution in [0.25, 0.3) is 33.3 Å². The number of para-hydroxylation sites is 2. The Kier molecular flexibility index (Phi) is 4.56. The summed E-state index contributed by atoms with van der Waals surface area (Å²) < 4.78 is 11.6. The molecule has 5 nitrogen and oxygen atoms in total. The zero-order chi connectivity index (χ0) is 20.5. The number of fused-ring (bicyclic) bond motifs is 2. The summed E-state index contributed by atoms with van der Waals surface area (Å²) in [6, 6.07) is 24.1. The monoisotopic (exact) mass is 395 g/mol. The van der Waals surface area contributed by atoms with Gasteiger partial charge in [0.1, 0.15) is 28.4 Å². The molecule has 0 atom stereocenters. The minimum Gasteiger partial charge on any atom is -0.494 e. The Morgan fingerprint density at radius 1 is 0.867 bits per heavy atom. The van der Waals surface area contributed by atoms with E-state index >= 15 is 0 Å². The van der Waals surface area contributed by atoms with Crippen LogP contribution in [0.5, 0.6) is 5.75 Å². The molecule has 0 bridgehead atoms. The molecule has 0 unspecified atom stereocenters. The maximum absolute atomic E-state index is 5.96. The maximum Gasteiger partial charge on any atom is 0.166 e. The van der Waals surface area contributed by atoms with Crippen molar-refractivity contribution < 1.29 is 9.15 Å². The predicted molar refractivity (Wildman–Crippen MR) is 120 cm³/mol. The molecule has 0 aliphatic carbocycles. The fraction of sp³-hybridized carbons (Fsp3) is 0.120. The first-order valence-electron chi connectivity index (χ1n) is 9.85. The second-order valence-electron chi connectivity index (χ2n) is 7.12. The van der Waals surface area contributed by atoms with Crippen LogP contribution in [-0.2, 0) is 6.54 Å². The molecule has 2 heterocycles. The minimum absolute atomic E-state index is 0.616. The molecule has 0 aliphatic heterocycles. The van der Waals surface area contributed by atoms with E-state index in [0.717, 1.165) is 39.0 Å². The maximum atomic E-state index is 5.96. The summed E-state index contributed by atoms with van der Waals surface area (Å²) in [6.07, 6.45) is 0. The number of benzene rings is 3. The highest BCUT2D eigenvalue weighted by molar-refractivity contribution is 5.98. The quantitative estimate of drug-likeness (QED) is 0.397. The molecule has 0 spiro atoms. The molecule has 0 saturated carbocycles. The van der Waals surface area contributed by atoms with Crippen LogP contribution in [0.4, 0.5) is 5.82 Å². The van der Waals surface area contributed by atoms with Gasteiger partial charge in [-0.1, -0.05) is 54.6 Å². The minimum atomic E-state index is 0.616. The highest BCUT2D eigenvalue weighted by Gasteiger charge is 2.19. The van der Waals surface area contributed by atoms with E-state index in [1.165, 1.54) is 5.56 Å². The van der Waals surface area contributed by atoms with Crippen molar-refractivity contribution >= 4 is 27.7 Å². The number of furan rings is 1. The van der Waals surface area contributed by atoms with E-state index < -0.39 is 0 Å². The van der Waals surface area contributed by atoms with Gasteiger partial charge in [0.2, 0.25) is 0 Å². The van der Waals surface area contributed by atoms with Crippen LogP contribution in [0.2, 0.25) is 0 Å². The van der Waals surface area contributed by atoms with Crippen molar-refractivity contribution in [1.29, 1.82) is 0 Å². The fourth-order valence-electron chi connectivity index (χ4n) is 3.76. The number of anilines is 1. The summed E-state index contributed by atoms with van der Waals surface area (Å²) in [7, 11) is 1.66. The molecular weight excluding hydrogens is 374 g/mol. The molecule has 5 rings (SSSR count). The predicted octanol–water partition coefficient (Wildman–Crippen LogP) is 5.97. The lowest BCUT2D eigenvalue weighted by molar-refractivity contribution is 0.419. The first-order chi connectivity index (χ1) is 14.7. The average Bonchev–Trinajstić information content (AvgIpc) is 3.13. The molecule has 0 amide bonds. The number of nitrogens with one attached hydrogen (secondary N) is 1. The van der Waals surface area contributed by atoms with Gasteiger partial charge in [-0.25, -0.2) is 9.97 Å². The SMILES string of the molecule is COc1cccc2c(NCc3ccccc3)nc(-c3c(C)oc4ccccc34)nc12. The number of hydrogen-bond acceptors (Lipinski definition) is 5. The van der Waals surface area contributed by atoms with E-state index in [2.05, 4.69) is 17.4 Å². The second-order valence-corrected chi connectivity index (χ2v) is 7.12. The van der Waals surface area contributed by atoms with Crippen molar-refractivity contribution in [3.05, 3.63) is 84.1 Å². The summed E-state index contributed by atoms with van der Waals surface area (Å²) >= 11 is 0. The molecule has 5 heteroatoms. The Morgan fingerprint density at radius 3 is 2.47 bits per heavy atom. The van der Waals surface area contributed by atoms with Crippen LogP contribution >= 0.6 is 0 Å². The third-order valence-corrected chi connectivity index (χ3v) is 5.21. The highest BCUT2D eigenvalue weighted by atomic mass is 16.5. The van der Waals surface area contributed by atoms with Crippen LogP contribution in [0, 0.1) is 6.92 Å². The number of methoxy groups -OCH3 is 1. The molecule has 30 heavy (non-hydrogen) atoms. The van der Waals surface area contributed by atoms with Crippen molar-refractivity contribution in [2.45, 2.75) is 13.5 Å². The topological polar surface area (TPSA) is 60.2 Å². The lowest BCUT2D eigenvalue weighted by atomic mass is 10.1. The Balaban J connectivity index is 1.70. The van der Waals surface area contributed by atoms with Crippen molar-refractivity contribution in [2.24, 2.45) is 0 Å². The highest BCUT2D eigenvalue weighted by Crippen LogP contribution is 2.36. The molecule has 1 N–H and O–H groups in total. The Labute approximate surface area is 174 Å². The molecule has 0 saturated heterocycles. The van der Waals surface area contributed by atoms with Crippen LogP contribution < -0.4 is 10.1 Å². The van der Waals surface area contributed by atoms with Gasteiger partial charge in [0, 0.05) is 17.3 Å². The van der Waals surface area contributed by atoms with Gasteiger partial charge in [0.15, 0.2) is 5.82 Å². The van der Waals surface area contributed by atoms with E-state index in [9.17, 15) is 0 Å². The van der Waals surface area contributed by atoms with E-state index in [-0.39, 0.29) is 0 Å². The molecule has 5 aromatic rings. The van der Waals surface area contributed by atoms with Crippen molar-refractivity contribution in [3.8, 4) is 17.1 Å². The number of hydrogen-bond donors (Lipinski definition) is 1. The molecule has 0 radical (unpaired) electrons. The first kappa shape index (κ1) is 18.2. The standard InChI is InChI=1S/C25H21N3O2/c1-16-22(18-11-6-7-13-20(18)30-16)25-27-23-19(12-8-14-21(23)29-2)24(28-25)26-15-17-9-4-3-5-10-17/h3-14H,15H2,1-2H3,(H,26,27,28). The zero-order valence-electron chi connectivity index (χ0n) is 16.8. The smallest absolute Gasteiger partial charge is 0.166 e. The Hall–Kier alpha value is -3.86. The van der Waals surface area contributed by atoms with Gasteiger partial charge in [-0.15, -0.1) is 0 Å². The Morgan fingerprint density at radius 2 is 1.63 bits per heavy atom. The van der Waals surface area contributed by atoms with E-state index in [1.807, 2.05) is 67.6 Å². The Bertz CT molecular complexity index is 1340. The van der Waals surface area contributed by atoms with Crippen LogP contribution in [0.15, 0.2) is 77.2 Å². The van der Waals surface area contributed by atoms with Gasteiger partial charge >= 0.3 is 0 Å². The zero-order valence-corrected chi connectivity index (χ0v) is 16.8. The average molecular weight is 395 g/mol. The van der Waals surface area contributed by atoms with Crippen molar-refractivity contribution in [3.63, 3.8) is 0 Å². The van der Waals surface area contributed by atoms with Crippen molar-refractivity contribution in [1.82, 2.24) is 9.97 Å². The third-order valence-electron chi connectivity index (χ3n) is 5.21. The summed E-state index contributed by atoms with van der Waals surface area (Å²) in [4.78, 5) is 9.79. The van der Waals surface area contributed by atoms with Gasteiger partial charge in [0.05, 0.1) is 12.7 Å². The molecular formula is C25H21N3O2. The lowest BCUT2D eigenvalue weighted by Crippen LogP contribution is -2.05. The molecule has 3 aromatic carbocycles. The number of aromatic nitrogens is 2. The summed E-state index contributed by atoms with van der Waals surface area (Å²) in [5, 5.41) is 5.40. The summed E-state index contributed by atoms with van der Waals surface area (Å²) in [5.41, 5.74) is 3.68. The number of nitrogens with zero attached hydrogens (tertiary/aromatic N) is 2. The number of ether oxygens (including phenoxy) is 1. The molecule has 0 fully saturated rings. The van der Waals surface area contributed by atoms with Gasteiger partial charge < -0.3 is 14.5 Å². The molecule has 148 valence electrons. The van der Waals surface area contributed by atoms with Gasteiger partial charge in [-0.05, 0) is 30.7 Å². The third kappa shape index (κ3) is 3.14. The van der Waals surface area contributed by atoms with Crippen LogP contribution in [0.3, 0.4) is 0 Å². The fourth-order valence-corrected chi connectivity index (χ4v) is 3.76. The summed E-state index contributed by atoms with van der Waals surface area (Å²) in [5.74, 6) is 2.89. The normalized spacial score (nSPS) is 11.1. The molecule has 0 aliphatic rings. The van der Waals surface area contributed by atoms with Gasteiger partial charge in [-0.2, -0.15) is 0 Å². The second kappa shape index (κ2) is 7.52. The number of rotatable bonds is 5. The van der Waals surface area contributed by atoms with Gasteiger partial charge in [-0.3, -0.25) is 0 Å². The van der Waals surface area contributed by atoms with Crippen molar-refractivity contribution in [2.75, 3.05) is 12.4 Å². The largest absolute Gasteiger partial charge is 0.494 e. The van der Waals surface area contributed by atoms with Crippen LogP contribution in [0.1, 0.15) is 11.3 Å². The van der Waals surface area contributed by atoms with Gasteiger partial charge in [0.25, 0.3) is 0 Å². The van der Waals surface area contributed by atoms with E-state index in [0.29, 0.717) is 18.1 Å².